The highest BCUT2D eigenvalue weighted by atomic mass is 16.2. The van der Waals surface area contributed by atoms with Gasteiger partial charge in [0.2, 0.25) is 5.91 Å². The molecule has 2 aromatic rings. The third-order valence-electron chi connectivity index (χ3n) is 4.27. The van der Waals surface area contributed by atoms with E-state index in [2.05, 4.69) is 34.3 Å². The second-order valence-corrected chi connectivity index (χ2v) is 5.88. The molecule has 3 rings (SSSR count). The van der Waals surface area contributed by atoms with E-state index in [0.717, 1.165) is 25.9 Å². The molecule has 0 saturated heterocycles. The van der Waals surface area contributed by atoms with E-state index in [4.69, 9.17) is 5.73 Å². The van der Waals surface area contributed by atoms with Gasteiger partial charge in [0, 0.05) is 30.2 Å². The van der Waals surface area contributed by atoms with Crippen molar-refractivity contribution in [3.63, 3.8) is 0 Å². The fraction of sp³-hybridized carbons (Fsp3) is 0.471. The van der Waals surface area contributed by atoms with Crippen LogP contribution in [0.15, 0.2) is 30.5 Å². The molecule has 0 radical (unpaired) electrons. The number of nitrogens with one attached hydrogen (secondary N) is 1. The SMILES string of the molecule is N[C@H]1Cc2cn(c3ccccc23)CCCCCCNC1=O. The van der Waals surface area contributed by atoms with E-state index in [-0.39, 0.29) is 5.91 Å². The molecule has 4 heteroatoms. The highest BCUT2D eigenvalue weighted by Crippen LogP contribution is 2.23. The maximum atomic E-state index is 12.0. The summed E-state index contributed by atoms with van der Waals surface area (Å²) in [6.07, 6.45) is 7.34. The predicted molar refractivity (Wildman–Crippen MR) is 85.1 cm³/mol. The van der Waals surface area contributed by atoms with Crippen molar-refractivity contribution in [3.05, 3.63) is 36.0 Å². The van der Waals surface area contributed by atoms with Crippen LogP contribution in [0.25, 0.3) is 10.9 Å². The van der Waals surface area contributed by atoms with Gasteiger partial charge in [0.1, 0.15) is 0 Å². The monoisotopic (exact) mass is 285 g/mol. The molecular weight excluding hydrogens is 262 g/mol. The van der Waals surface area contributed by atoms with Crippen LogP contribution in [0.3, 0.4) is 0 Å². The van der Waals surface area contributed by atoms with Crippen molar-refractivity contribution < 1.29 is 4.79 Å². The Bertz CT molecular complexity index is 632. The molecule has 0 saturated carbocycles. The predicted octanol–water partition coefficient (Wildman–Crippen LogP) is 2.20. The second-order valence-electron chi connectivity index (χ2n) is 5.88. The number of amides is 1. The lowest BCUT2D eigenvalue weighted by Gasteiger charge is -2.11. The fourth-order valence-corrected chi connectivity index (χ4v) is 3.10. The Morgan fingerprint density at radius 1 is 1.14 bits per heavy atom. The first-order valence-electron chi connectivity index (χ1n) is 7.86. The van der Waals surface area contributed by atoms with Gasteiger partial charge in [-0.1, -0.05) is 31.0 Å². The van der Waals surface area contributed by atoms with Gasteiger partial charge < -0.3 is 15.6 Å². The first kappa shape index (κ1) is 14.1. The molecule has 3 N–H and O–H groups in total. The van der Waals surface area contributed by atoms with Crippen molar-refractivity contribution in [1.29, 1.82) is 0 Å². The van der Waals surface area contributed by atoms with Gasteiger partial charge in [-0.15, -0.1) is 0 Å². The molecule has 1 aromatic carbocycles. The van der Waals surface area contributed by atoms with E-state index < -0.39 is 6.04 Å². The van der Waals surface area contributed by atoms with Crippen LogP contribution in [0.2, 0.25) is 0 Å². The number of hydrogen-bond donors (Lipinski definition) is 2. The van der Waals surface area contributed by atoms with Crippen LogP contribution < -0.4 is 11.1 Å². The Morgan fingerprint density at radius 2 is 1.95 bits per heavy atom. The third-order valence-corrected chi connectivity index (χ3v) is 4.27. The lowest BCUT2D eigenvalue weighted by Crippen LogP contribution is -2.42. The molecular formula is C17H23N3O. The van der Waals surface area contributed by atoms with Gasteiger partial charge in [0.05, 0.1) is 6.04 Å². The van der Waals surface area contributed by atoms with Crippen molar-refractivity contribution in [2.24, 2.45) is 5.73 Å². The minimum Gasteiger partial charge on any atom is -0.355 e. The lowest BCUT2D eigenvalue weighted by atomic mass is 10.0. The molecule has 0 aliphatic carbocycles. The van der Waals surface area contributed by atoms with E-state index >= 15 is 0 Å². The number of hydrogen-bond acceptors (Lipinski definition) is 2. The van der Waals surface area contributed by atoms with Crippen LogP contribution in [-0.2, 0) is 17.8 Å². The van der Waals surface area contributed by atoms with Gasteiger partial charge in [-0.3, -0.25) is 4.79 Å². The van der Waals surface area contributed by atoms with Crippen LogP contribution in [0, 0.1) is 0 Å². The Labute approximate surface area is 125 Å². The molecule has 1 aliphatic heterocycles. The molecule has 1 amide bonds. The Kier molecular flexibility index (Phi) is 4.25. The van der Waals surface area contributed by atoms with Gasteiger partial charge >= 0.3 is 0 Å². The maximum absolute atomic E-state index is 12.0. The zero-order valence-corrected chi connectivity index (χ0v) is 12.3. The molecule has 0 unspecified atom stereocenters. The van der Waals surface area contributed by atoms with Gasteiger partial charge in [0.25, 0.3) is 0 Å². The van der Waals surface area contributed by atoms with Crippen LogP contribution >= 0.6 is 0 Å². The topological polar surface area (TPSA) is 60.0 Å². The highest BCUT2D eigenvalue weighted by Gasteiger charge is 2.17. The zero-order chi connectivity index (χ0) is 14.7. The van der Waals surface area contributed by atoms with E-state index in [1.54, 1.807) is 0 Å². The van der Waals surface area contributed by atoms with Crippen LogP contribution in [-0.4, -0.2) is 23.1 Å². The number of carbonyl (C=O) groups excluding carboxylic acids is 1. The molecule has 4 nitrogen and oxygen atoms in total. The van der Waals surface area contributed by atoms with Gasteiger partial charge in [-0.25, -0.2) is 0 Å². The molecule has 1 aromatic heterocycles. The summed E-state index contributed by atoms with van der Waals surface area (Å²) < 4.78 is 2.31. The van der Waals surface area contributed by atoms with E-state index in [1.165, 1.54) is 29.3 Å². The lowest BCUT2D eigenvalue weighted by molar-refractivity contribution is -0.122. The maximum Gasteiger partial charge on any atom is 0.237 e. The normalized spacial score (nSPS) is 21.2. The van der Waals surface area contributed by atoms with Crippen LogP contribution in [0.5, 0.6) is 0 Å². The van der Waals surface area contributed by atoms with Gasteiger partial charge in [-0.05, 0) is 30.9 Å². The quantitative estimate of drug-likeness (QED) is 0.779. The highest BCUT2D eigenvalue weighted by molar-refractivity contribution is 5.86. The van der Waals surface area contributed by atoms with Crippen molar-refractivity contribution in [2.45, 2.75) is 44.7 Å². The van der Waals surface area contributed by atoms with Gasteiger partial charge in [-0.2, -0.15) is 0 Å². The number of para-hydroxylation sites is 1. The average Bonchev–Trinajstić information content (AvgIpc) is 2.84. The largest absolute Gasteiger partial charge is 0.355 e. The second kappa shape index (κ2) is 6.31. The Hall–Kier alpha value is -1.81. The molecule has 1 atom stereocenters. The summed E-state index contributed by atoms with van der Waals surface area (Å²) in [7, 11) is 0. The van der Waals surface area contributed by atoms with Crippen LogP contribution in [0.4, 0.5) is 0 Å². The molecule has 0 spiro atoms. The number of benzene rings is 1. The summed E-state index contributed by atoms with van der Waals surface area (Å²) in [5, 5.41) is 4.17. The number of carbonyl (C=O) groups is 1. The van der Waals surface area contributed by atoms with Crippen LogP contribution in [0.1, 0.15) is 31.2 Å². The third kappa shape index (κ3) is 3.10. The first-order chi connectivity index (χ1) is 10.3. The fourth-order valence-electron chi connectivity index (χ4n) is 3.10. The average molecular weight is 285 g/mol. The van der Waals surface area contributed by atoms with Gasteiger partial charge in [0.15, 0.2) is 0 Å². The summed E-state index contributed by atoms with van der Waals surface area (Å²) in [6, 6.07) is 7.92. The number of rotatable bonds is 0. The zero-order valence-electron chi connectivity index (χ0n) is 12.3. The summed E-state index contributed by atoms with van der Waals surface area (Å²) in [6.45, 7) is 1.78. The molecule has 112 valence electrons. The Morgan fingerprint density at radius 3 is 2.86 bits per heavy atom. The molecule has 0 fully saturated rings. The number of fused-ring (bicyclic) bond motifs is 5. The summed E-state index contributed by atoms with van der Waals surface area (Å²) in [5.41, 5.74) is 8.49. The van der Waals surface area contributed by atoms with Crippen molar-refractivity contribution in [3.8, 4) is 0 Å². The minimum absolute atomic E-state index is 0.0360. The molecule has 21 heavy (non-hydrogen) atoms. The minimum atomic E-state index is -0.468. The number of aromatic nitrogens is 1. The van der Waals surface area contributed by atoms with Crippen molar-refractivity contribution in [1.82, 2.24) is 9.88 Å². The standard InChI is InChI=1S/C17H23N3O/c18-15-11-13-12-20(16-8-4-3-7-14(13)16)10-6-2-1-5-9-19-17(15)21/h3-4,7-8,12,15H,1-2,5-6,9-11,18H2,(H,19,21)/t15-/m0/s1. The van der Waals surface area contributed by atoms with Crippen molar-refractivity contribution >= 4 is 16.8 Å². The molecule has 2 heterocycles. The Balaban J connectivity index is 1.95. The number of nitrogens with zero attached hydrogens (tertiary/aromatic N) is 1. The first-order valence-corrected chi connectivity index (χ1v) is 7.86. The smallest absolute Gasteiger partial charge is 0.237 e. The number of nitrogens with two attached hydrogens (primary N) is 1. The molecule has 1 aliphatic rings. The van der Waals surface area contributed by atoms with Crippen molar-refractivity contribution in [2.75, 3.05) is 6.54 Å². The van der Waals surface area contributed by atoms with E-state index in [0.29, 0.717) is 6.42 Å². The summed E-state index contributed by atoms with van der Waals surface area (Å²) in [5.74, 6) is -0.0360. The number of aryl methyl sites for hydroxylation is 1. The molecule has 2 bridgehead atoms. The summed E-state index contributed by atoms with van der Waals surface area (Å²) in [4.78, 5) is 12.0. The van der Waals surface area contributed by atoms with E-state index in [1.807, 2.05) is 6.07 Å². The van der Waals surface area contributed by atoms with E-state index in [9.17, 15) is 4.79 Å². The summed E-state index contributed by atoms with van der Waals surface area (Å²) >= 11 is 0.